The third-order valence-corrected chi connectivity index (χ3v) is 6.75. The number of hydrogen-bond donors (Lipinski definition) is 3. The smallest absolute Gasteiger partial charge is 0.269 e. The third kappa shape index (κ3) is 6.22. The van der Waals surface area contributed by atoms with Crippen molar-refractivity contribution in [3.8, 4) is 11.5 Å². The predicted octanol–water partition coefficient (Wildman–Crippen LogP) is 4.73. The van der Waals surface area contributed by atoms with Crippen LogP contribution in [0.2, 0.25) is 0 Å². The van der Waals surface area contributed by atoms with Crippen LogP contribution in [0.25, 0.3) is 10.2 Å². The quantitative estimate of drug-likeness (QED) is 0.430. The fraction of sp³-hybridized carbons (Fsp3) is 0.440. The maximum absolute atomic E-state index is 12.0. The van der Waals surface area contributed by atoms with Gasteiger partial charge in [-0.3, -0.25) is 14.6 Å². The fourth-order valence-electron chi connectivity index (χ4n) is 4.11. The van der Waals surface area contributed by atoms with Crippen LogP contribution in [0.4, 0.5) is 5.13 Å². The van der Waals surface area contributed by atoms with Crippen molar-refractivity contribution in [2.24, 2.45) is 5.92 Å². The Morgan fingerprint density at radius 1 is 1.09 bits per heavy atom. The lowest BCUT2D eigenvalue weighted by atomic mass is 9.91. The van der Waals surface area contributed by atoms with E-state index in [0.717, 1.165) is 41.0 Å². The molecule has 2 amide bonds. The topological polar surface area (TPSA) is 105 Å². The molecule has 1 saturated carbocycles. The molecule has 0 aliphatic heterocycles. The van der Waals surface area contributed by atoms with E-state index < -0.39 is 0 Å². The van der Waals surface area contributed by atoms with Crippen molar-refractivity contribution in [3.05, 3.63) is 42.2 Å². The normalized spacial score (nSPS) is 18.0. The molecular formula is C25H31N5O3S. The van der Waals surface area contributed by atoms with Crippen LogP contribution in [-0.2, 0) is 4.79 Å². The van der Waals surface area contributed by atoms with Crippen LogP contribution in [0.3, 0.4) is 0 Å². The Morgan fingerprint density at radius 3 is 2.56 bits per heavy atom. The number of anilines is 1. The maximum atomic E-state index is 12.0. The molecule has 0 radical (unpaired) electrons. The van der Waals surface area contributed by atoms with Gasteiger partial charge in [0.1, 0.15) is 17.2 Å². The van der Waals surface area contributed by atoms with E-state index in [1.54, 1.807) is 36.7 Å². The van der Waals surface area contributed by atoms with E-state index in [4.69, 9.17) is 9.72 Å². The van der Waals surface area contributed by atoms with Crippen LogP contribution in [-0.4, -0.2) is 40.9 Å². The summed E-state index contributed by atoms with van der Waals surface area (Å²) in [5.74, 6) is 1.51. The van der Waals surface area contributed by atoms with Gasteiger partial charge in [0, 0.05) is 43.9 Å². The first kappa shape index (κ1) is 23.9. The molecule has 34 heavy (non-hydrogen) atoms. The summed E-state index contributed by atoms with van der Waals surface area (Å²) in [5.41, 5.74) is 1.22. The molecule has 1 aliphatic rings. The Morgan fingerprint density at radius 2 is 1.82 bits per heavy atom. The molecule has 1 fully saturated rings. The van der Waals surface area contributed by atoms with E-state index in [-0.39, 0.29) is 17.9 Å². The van der Waals surface area contributed by atoms with E-state index >= 15 is 0 Å². The summed E-state index contributed by atoms with van der Waals surface area (Å²) in [6.07, 6.45) is 6.12. The van der Waals surface area contributed by atoms with Crippen LogP contribution in [0.5, 0.6) is 11.5 Å². The molecule has 1 aromatic carbocycles. The van der Waals surface area contributed by atoms with Crippen molar-refractivity contribution in [2.75, 3.05) is 12.4 Å². The largest absolute Gasteiger partial charge is 0.457 e. The molecule has 3 N–H and O–H groups in total. The molecule has 8 nitrogen and oxygen atoms in total. The van der Waals surface area contributed by atoms with Gasteiger partial charge < -0.3 is 20.7 Å². The van der Waals surface area contributed by atoms with Gasteiger partial charge in [0.15, 0.2) is 5.13 Å². The van der Waals surface area contributed by atoms with Crippen LogP contribution >= 0.6 is 11.3 Å². The number of hydrogen-bond acceptors (Lipinski definition) is 7. The van der Waals surface area contributed by atoms with Gasteiger partial charge in [0.25, 0.3) is 5.91 Å². The van der Waals surface area contributed by atoms with Crippen molar-refractivity contribution < 1.29 is 14.3 Å². The lowest BCUT2D eigenvalue weighted by Gasteiger charge is -2.29. The molecular weight excluding hydrogens is 450 g/mol. The van der Waals surface area contributed by atoms with Gasteiger partial charge in [-0.05, 0) is 49.8 Å². The number of pyridine rings is 1. The second-order valence-corrected chi connectivity index (χ2v) is 10.1. The van der Waals surface area contributed by atoms with Crippen LogP contribution in [0, 0.1) is 5.92 Å². The Labute approximate surface area is 203 Å². The monoisotopic (exact) mass is 481 g/mol. The Kier molecular flexibility index (Phi) is 7.62. The van der Waals surface area contributed by atoms with Crippen molar-refractivity contribution in [1.29, 1.82) is 0 Å². The minimum absolute atomic E-state index is 0.159. The van der Waals surface area contributed by atoms with Gasteiger partial charge in [-0.15, -0.1) is 0 Å². The highest BCUT2D eigenvalue weighted by atomic mass is 32.1. The maximum Gasteiger partial charge on any atom is 0.269 e. The highest BCUT2D eigenvalue weighted by Crippen LogP contribution is 2.33. The summed E-state index contributed by atoms with van der Waals surface area (Å²) in [4.78, 5) is 32.6. The van der Waals surface area contributed by atoms with Crippen LogP contribution in [0.1, 0.15) is 56.4 Å². The Hall–Kier alpha value is -3.20. The fourth-order valence-corrected chi connectivity index (χ4v) is 5.08. The summed E-state index contributed by atoms with van der Waals surface area (Å²) in [6, 6.07) is 9.73. The first-order valence-corrected chi connectivity index (χ1v) is 12.5. The molecule has 2 heterocycles. The zero-order valence-electron chi connectivity index (χ0n) is 19.8. The Bertz CT molecular complexity index is 1150. The molecule has 0 saturated heterocycles. The minimum atomic E-state index is -0.258. The van der Waals surface area contributed by atoms with Gasteiger partial charge in [0.2, 0.25) is 5.91 Å². The number of carbonyl (C=O) groups excluding carboxylic acids is 2. The summed E-state index contributed by atoms with van der Waals surface area (Å²) < 4.78 is 6.98. The first-order chi connectivity index (χ1) is 16.4. The average molecular weight is 482 g/mol. The van der Waals surface area contributed by atoms with Crippen LogP contribution in [0.15, 0.2) is 36.5 Å². The second-order valence-electron chi connectivity index (χ2n) is 9.06. The SMILES string of the molecule is CNC(=O)c1cc(Oc2ccc3nc(N[C@H]4CC[C@H](NC(=O)CC(C)C)CC4)sc3c2)ccn1. The van der Waals surface area contributed by atoms with Gasteiger partial charge in [-0.1, -0.05) is 25.2 Å². The number of nitrogens with one attached hydrogen (secondary N) is 3. The lowest BCUT2D eigenvalue weighted by Crippen LogP contribution is -2.40. The van der Waals surface area contributed by atoms with Crippen molar-refractivity contribution in [2.45, 2.75) is 58.0 Å². The first-order valence-electron chi connectivity index (χ1n) is 11.7. The highest BCUT2D eigenvalue weighted by molar-refractivity contribution is 7.22. The summed E-state index contributed by atoms with van der Waals surface area (Å²) in [7, 11) is 1.57. The lowest BCUT2D eigenvalue weighted by molar-refractivity contribution is -0.122. The van der Waals surface area contributed by atoms with E-state index in [1.165, 1.54) is 0 Å². The molecule has 0 bridgehead atoms. The van der Waals surface area contributed by atoms with Crippen molar-refractivity contribution in [1.82, 2.24) is 20.6 Å². The second kappa shape index (κ2) is 10.8. The number of amides is 2. The van der Waals surface area contributed by atoms with E-state index in [1.807, 2.05) is 18.2 Å². The van der Waals surface area contributed by atoms with Gasteiger partial charge in [-0.25, -0.2) is 4.98 Å². The van der Waals surface area contributed by atoms with Crippen LogP contribution < -0.4 is 20.7 Å². The highest BCUT2D eigenvalue weighted by Gasteiger charge is 2.23. The molecule has 0 atom stereocenters. The zero-order valence-corrected chi connectivity index (χ0v) is 20.6. The standard InChI is InChI=1S/C25H31N5O3S/c1-15(2)12-23(31)28-16-4-6-17(7-5-16)29-25-30-20-9-8-18(14-22(20)34-25)33-19-10-11-27-21(13-19)24(32)26-3/h8-11,13-17H,4-7,12H2,1-3H3,(H,26,32)(H,28,31)(H,29,30)/t16-,17-. The molecule has 2 aromatic heterocycles. The molecule has 180 valence electrons. The minimum Gasteiger partial charge on any atom is -0.457 e. The predicted molar refractivity (Wildman–Crippen MR) is 135 cm³/mol. The molecule has 0 unspecified atom stereocenters. The number of fused-ring (bicyclic) bond motifs is 1. The van der Waals surface area contributed by atoms with Gasteiger partial charge in [-0.2, -0.15) is 0 Å². The summed E-state index contributed by atoms with van der Waals surface area (Å²) in [5, 5.41) is 10.2. The number of benzene rings is 1. The summed E-state index contributed by atoms with van der Waals surface area (Å²) in [6.45, 7) is 4.13. The molecule has 1 aliphatic carbocycles. The molecule has 0 spiro atoms. The third-order valence-electron chi connectivity index (χ3n) is 5.80. The number of rotatable bonds is 8. The van der Waals surface area contributed by atoms with Gasteiger partial charge in [0.05, 0.1) is 10.2 Å². The number of thiazole rings is 1. The number of aromatic nitrogens is 2. The van der Waals surface area contributed by atoms with E-state index in [9.17, 15) is 9.59 Å². The average Bonchev–Trinajstić information content (AvgIpc) is 3.21. The Balaban J connectivity index is 1.34. The van der Waals surface area contributed by atoms with Crippen molar-refractivity contribution in [3.63, 3.8) is 0 Å². The summed E-state index contributed by atoms with van der Waals surface area (Å²) >= 11 is 1.60. The van der Waals surface area contributed by atoms with Crippen molar-refractivity contribution >= 4 is 38.5 Å². The number of ether oxygens (including phenoxy) is 1. The molecule has 9 heteroatoms. The molecule has 4 rings (SSSR count). The van der Waals surface area contributed by atoms with E-state index in [2.05, 4.69) is 34.8 Å². The number of carbonyl (C=O) groups is 2. The zero-order chi connectivity index (χ0) is 24.1. The molecule has 3 aromatic rings. The number of nitrogens with zero attached hydrogens (tertiary/aromatic N) is 2. The van der Waals surface area contributed by atoms with E-state index in [0.29, 0.717) is 35.6 Å². The van der Waals surface area contributed by atoms with Gasteiger partial charge >= 0.3 is 0 Å².